The fourth-order valence-electron chi connectivity index (χ4n) is 9.96. The lowest BCUT2D eigenvalue weighted by Crippen LogP contribution is -2.60. The monoisotopic (exact) mass is 741 g/mol. The second-order valence-corrected chi connectivity index (χ2v) is 19.9. The van der Waals surface area contributed by atoms with Crippen molar-refractivity contribution in [3.63, 3.8) is 0 Å². The van der Waals surface area contributed by atoms with E-state index in [9.17, 15) is 25.6 Å². The van der Waals surface area contributed by atoms with E-state index in [0.29, 0.717) is 52.8 Å². The summed E-state index contributed by atoms with van der Waals surface area (Å²) in [7, 11) is -7.77. The van der Waals surface area contributed by atoms with Gasteiger partial charge in [0.1, 0.15) is 16.6 Å². The van der Waals surface area contributed by atoms with Crippen molar-refractivity contribution in [2.75, 3.05) is 21.5 Å². The SMILES string of the molecule is O=S1(=O)CC2(CC(Nc3nccc(-c4sc(C56CC7CC(CC(C7)C5)C6)nc4-c4cccc(NS(=O)(=O)c5c(F)cccc5F)c4F)n3)C2)C1. The molecule has 4 bridgehead atoms. The first-order chi connectivity index (χ1) is 23.8. The van der Waals surface area contributed by atoms with Crippen LogP contribution in [-0.2, 0) is 25.3 Å². The summed E-state index contributed by atoms with van der Waals surface area (Å²) in [6.45, 7) is 0. The molecular formula is C35H34F3N5O4S3. The number of sulfone groups is 1. The van der Waals surface area contributed by atoms with Gasteiger partial charge in [0.2, 0.25) is 5.95 Å². The van der Waals surface area contributed by atoms with E-state index in [4.69, 9.17) is 9.97 Å². The van der Waals surface area contributed by atoms with Crippen LogP contribution >= 0.6 is 11.3 Å². The molecular weight excluding hydrogens is 708 g/mol. The molecule has 1 saturated heterocycles. The molecule has 50 heavy (non-hydrogen) atoms. The Kier molecular flexibility index (Phi) is 7.26. The lowest BCUT2D eigenvalue weighted by molar-refractivity contribution is -0.00524. The normalized spacial score (nSPS) is 27.5. The highest BCUT2D eigenvalue weighted by atomic mass is 32.2. The van der Waals surface area contributed by atoms with Gasteiger partial charge in [-0.1, -0.05) is 12.1 Å². The van der Waals surface area contributed by atoms with Crippen LogP contribution < -0.4 is 10.0 Å². The summed E-state index contributed by atoms with van der Waals surface area (Å²) < 4.78 is 97.3. The number of sulfonamides is 1. The molecule has 1 spiro atoms. The van der Waals surface area contributed by atoms with Gasteiger partial charge in [-0.15, -0.1) is 11.3 Å². The van der Waals surface area contributed by atoms with Gasteiger partial charge in [-0.2, -0.15) is 0 Å². The highest BCUT2D eigenvalue weighted by Gasteiger charge is 2.56. The quantitative estimate of drug-likeness (QED) is 0.199. The number of anilines is 2. The van der Waals surface area contributed by atoms with Crippen molar-refractivity contribution < 1.29 is 30.0 Å². The molecule has 4 aromatic rings. The maximum absolute atomic E-state index is 16.5. The molecule has 0 amide bonds. The minimum atomic E-state index is -4.83. The molecule has 5 saturated carbocycles. The van der Waals surface area contributed by atoms with Gasteiger partial charge >= 0.3 is 0 Å². The molecule has 9 nitrogen and oxygen atoms in total. The van der Waals surface area contributed by atoms with Crippen molar-refractivity contribution in [1.82, 2.24) is 15.0 Å². The third-order valence-electron chi connectivity index (χ3n) is 11.4. The average molecular weight is 742 g/mol. The van der Waals surface area contributed by atoms with E-state index in [-0.39, 0.29) is 33.9 Å². The molecule has 6 fully saturated rings. The van der Waals surface area contributed by atoms with E-state index in [0.717, 1.165) is 42.5 Å². The predicted molar refractivity (Wildman–Crippen MR) is 183 cm³/mol. The van der Waals surface area contributed by atoms with Crippen LogP contribution in [-0.4, -0.2) is 49.3 Å². The number of hydrogen-bond acceptors (Lipinski definition) is 9. The van der Waals surface area contributed by atoms with Crippen LogP contribution in [0.5, 0.6) is 0 Å². The van der Waals surface area contributed by atoms with Gasteiger partial charge in [-0.3, -0.25) is 4.72 Å². The van der Waals surface area contributed by atoms with E-state index in [1.165, 1.54) is 48.8 Å². The summed E-state index contributed by atoms with van der Waals surface area (Å²) in [6.07, 6.45) is 9.83. The van der Waals surface area contributed by atoms with E-state index in [2.05, 4.69) is 15.0 Å². The van der Waals surface area contributed by atoms with Crippen molar-refractivity contribution in [3.05, 3.63) is 71.1 Å². The number of thiazole rings is 1. The minimum Gasteiger partial charge on any atom is -0.351 e. The summed E-state index contributed by atoms with van der Waals surface area (Å²) in [5.74, 6) is -0.810. The zero-order chi connectivity index (χ0) is 34.6. The van der Waals surface area contributed by atoms with Crippen molar-refractivity contribution >= 4 is 42.8 Å². The van der Waals surface area contributed by atoms with Crippen LogP contribution in [0.25, 0.3) is 21.8 Å². The first-order valence-corrected chi connectivity index (χ1v) is 21.0. The van der Waals surface area contributed by atoms with Crippen LogP contribution in [0.4, 0.5) is 24.8 Å². The number of benzene rings is 2. The lowest BCUT2D eigenvalue weighted by atomic mass is 9.50. The number of nitrogens with zero attached hydrogens (tertiary/aromatic N) is 3. The molecule has 15 heteroatoms. The molecule has 5 aliphatic carbocycles. The first-order valence-electron chi connectivity index (χ1n) is 16.9. The van der Waals surface area contributed by atoms with Gasteiger partial charge in [0, 0.05) is 28.6 Å². The van der Waals surface area contributed by atoms with Gasteiger partial charge < -0.3 is 5.32 Å². The van der Waals surface area contributed by atoms with Gasteiger partial charge in [-0.05, 0) is 99.5 Å². The third kappa shape index (κ3) is 5.42. The maximum atomic E-state index is 16.5. The van der Waals surface area contributed by atoms with Gasteiger partial charge in [-0.25, -0.2) is 45.0 Å². The molecule has 3 heterocycles. The Hall–Kier alpha value is -3.56. The van der Waals surface area contributed by atoms with Gasteiger partial charge in [0.25, 0.3) is 10.0 Å². The van der Waals surface area contributed by atoms with Crippen LogP contribution in [0.15, 0.2) is 53.6 Å². The first kappa shape index (κ1) is 32.4. The van der Waals surface area contributed by atoms with E-state index < -0.39 is 47.9 Å². The summed E-state index contributed by atoms with van der Waals surface area (Å²) in [6, 6.07) is 8.65. The molecule has 0 unspecified atom stereocenters. The van der Waals surface area contributed by atoms with Crippen molar-refractivity contribution in [3.8, 4) is 21.8 Å². The molecule has 2 N–H and O–H groups in total. The summed E-state index contributed by atoms with van der Waals surface area (Å²) in [5.41, 5.74) is 0.105. The molecule has 1 aliphatic heterocycles. The maximum Gasteiger partial charge on any atom is 0.267 e. The van der Waals surface area contributed by atoms with E-state index in [1.807, 2.05) is 0 Å². The fourth-order valence-corrected chi connectivity index (χ4v) is 14.7. The van der Waals surface area contributed by atoms with Crippen LogP contribution in [0, 0.1) is 40.6 Å². The molecule has 2 aromatic heterocycles. The Labute approximate surface area is 292 Å². The second kappa shape index (κ2) is 11.2. The number of hydrogen-bond donors (Lipinski definition) is 2. The molecule has 262 valence electrons. The summed E-state index contributed by atoms with van der Waals surface area (Å²) in [4.78, 5) is 13.8. The topological polar surface area (TPSA) is 131 Å². The van der Waals surface area contributed by atoms with Crippen LogP contribution in [0.2, 0.25) is 0 Å². The number of aromatic nitrogens is 3. The Morgan fingerprint density at radius 2 is 1.48 bits per heavy atom. The number of rotatable bonds is 8. The largest absolute Gasteiger partial charge is 0.351 e. The molecule has 10 rings (SSSR count). The Bertz CT molecular complexity index is 2200. The standard InChI is InChI=1S/C35H34F3N5O4S3/c36-24-4-2-5-25(37)31(24)50(46,47)43-26-6-1-3-23(28(26)38)29-30(48-32(42-29)35-12-19-9-20(13-35)11-21(10-19)14-35)27-7-8-39-33(41-27)40-22-15-34(16-22)17-49(44,45)18-34/h1-8,19-22,43H,9-18H2,(H,39,40,41). The Balaban J connectivity index is 1.09. The molecule has 0 atom stereocenters. The number of nitrogens with one attached hydrogen (secondary N) is 2. The highest BCUT2D eigenvalue weighted by Crippen LogP contribution is 2.62. The lowest BCUT2D eigenvalue weighted by Gasteiger charge is -2.56. The van der Waals surface area contributed by atoms with Crippen molar-refractivity contribution in [1.29, 1.82) is 0 Å². The molecule has 6 aliphatic rings. The summed E-state index contributed by atoms with van der Waals surface area (Å²) >= 11 is 1.48. The molecule has 0 radical (unpaired) electrons. The van der Waals surface area contributed by atoms with Crippen molar-refractivity contribution in [2.24, 2.45) is 23.2 Å². The van der Waals surface area contributed by atoms with Gasteiger partial charge in [0.15, 0.2) is 20.5 Å². The average Bonchev–Trinajstić information content (AvgIpc) is 3.46. The smallest absolute Gasteiger partial charge is 0.267 e. The number of halogens is 3. The van der Waals surface area contributed by atoms with Gasteiger partial charge in [0.05, 0.1) is 33.5 Å². The van der Waals surface area contributed by atoms with E-state index in [1.54, 1.807) is 12.3 Å². The Morgan fingerprint density at radius 1 is 0.840 bits per heavy atom. The second-order valence-electron chi connectivity index (χ2n) is 15.3. The zero-order valence-electron chi connectivity index (χ0n) is 26.8. The summed E-state index contributed by atoms with van der Waals surface area (Å²) in [5, 5.41) is 4.26. The van der Waals surface area contributed by atoms with Crippen LogP contribution in [0.1, 0.15) is 56.4 Å². The highest BCUT2D eigenvalue weighted by molar-refractivity contribution is 7.93. The fraction of sp³-hybridized carbons (Fsp3) is 0.457. The minimum absolute atomic E-state index is 0.0293. The van der Waals surface area contributed by atoms with E-state index >= 15 is 4.39 Å². The zero-order valence-corrected chi connectivity index (χ0v) is 29.3. The van der Waals surface area contributed by atoms with Crippen LogP contribution in [0.3, 0.4) is 0 Å². The third-order valence-corrected chi connectivity index (χ3v) is 16.3. The van der Waals surface area contributed by atoms with Crippen molar-refractivity contribution in [2.45, 2.75) is 67.7 Å². The predicted octanol–water partition coefficient (Wildman–Crippen LogP) is 6.94. The Morgan fingerprint density at radius 3 is 2.12 bits per heavy atom. The molecule has 2 aromatic carbocycles.